The quantitative estimate of drug-likeness (QED) is 0.824. The Bertz CT molecular complexity index is 685. The molecule has 1 aromatic heterocycles. The molecule has 2 aromatic rings. The number of carbonyl (C=O) groups excluding carboxylic acids is 2. The van der Waals surface area contributed by atoms with Gasteiger partial charge in [0.05, 0.1) is 17.8 Å². The van der Waals surface area contributed by atoms with Gasteiger partial charge in [0.15, 0.2) is 0 Å². The van der Waals surface area contributed by atoms with Gasteiger partial charge in [0, 0.05) is 35.9 Å². The standard InChI is InChI=1S/C15H16N4O2S/c20-14-9-22-13-3-2-11(8-12(13)18-14)15(21)17-4-1-6-19-7-5-16-10-19/h2-3,5,7-8,10H,1,4,6,9H2,(H,17,21)(H,18,20). The minimum Gasteiger partial charge on any atom is -0.352 e. The molecule has 0 unspecified atom stereocenters. The van der Waals surface area contributed by atoms with E-state index in [2.05, 4.69) is 15.6 Å². The minimum atomic E-state index is -0.127. The summed E-state index contributed by atoms with van der Waals surface area (Å²) in [5.74, 6) is 0.265. The van der Waals surface area contributed by atoms with Crippen molar-refractivity contribution in [3.63, 3.8) is 0 Å². The predicted octanol–water partition coefficient (Wildman–Crippen LogP) is 1.75. The largest absolute Gasteiger partial charge is 0.352 e. The summed E-state index contributed by atoms with van der Waals surface area (Å²) in [5.41, 5.74) is 1.27. The van der Waals surface area contributed by atoms with E-state index >= 15 is 0 Å². The monoisotopic (exact) mass is 316 g/mol. The molecule has 1 aliphatic heterocycles. The van der Waals surface area contributed by atoms with Gasteiger partial charge in [-0.15, -0.1) is 11.8 Å². The molecule has 0 bridgehead atoms. The lowest BCUT2D eigenvalue weighted by molar-refractivity contribution is -0.113. The van der Waals surface area contributed by atoms with Gasteiger partial charge >= 0.3 is 0 Å². The van der Waals surface area contributed by atoms with Crippen LogP contribution in [-0.2, 0) is 11.3 Å². The maximum atomic E-state index is 12.1. The number of nitrogens with one attached hydrogen (secondary N) is 2. The molecular weight excluding hydrogens is 300 g/mol. The Balaban J connectivity index is 1.53. The van der Waals surface area contributed by atoms with Crippen molar-refractivity contribution in [3.05, 3.63) is 42.5 Å². The minimum absolute atomic E-state index is 0.0320. The molecule has 0 spiro atoms. The number of carbonyl (C=O) groups is 2. The van der Waals surface area contributed by atoms with Crippen molar-refractivity contribution in [1.29, 1.82) is 0 Å². The zero-order valence-corrected chi connectivity index (χ0v) is 12.7. The Kier molecular flexibility index (Phi) is 4.43. The van der Waals surface area contributed by atoms with E-state index in [1.54, 1.807) is 24.7 Å². The van der Waals surface area contributed by atoms with Gasteiger partial charge in [-0.25, -0.2) is 4.98 Å². The van der Waals surface area contributed by atoms with Crippen LogP contribution in [0.15, 0.2) is 41.8 Å². The molecular formula is C15H16N4O2S. The zero-order valence-electron chi connectivity index (χ0n) is 11.9. The lowest BCUT2D eigenvalue weighted by Crippen LogP contribution is -2.26. The molecule has 0 atom stereocenters. The third-order valence-corrected chi connectivity index (χ3v) is 4.39. The molecule has 1 aliphatic rings. The molecule has 2 heterocycles. The van der Waals surface area contributed by atoms with Crippen molar-refractivity contribution in [2.75, 3.05) is 17.6 Å². The zero-order chi connectivity index (χ0) is 15.4. The summed E-state index contributed by atoms with van der Waals surface area (Å²) < 4.78 is 1.97. The fraction of sp³-hybridized carbons (Fsp3) is 0.267. The average Bonchev–Trinajstić information content (AvgIpc) is 3.04. The molecule has 3 rings (SSSR count). The van der Waals surface area contributed by atoms with Gasteiger partial charge < -0.3 is 15.2 Å². The van der Waals surface area contributed by atoms with E-state index in [4.69, 9.17) is 0 Å². The van der Waals surface area contributed by atoms with E-state index < -0.39 is 0 Å². The molecule has 0 radical (unpaired) electrons. The number of anilines is 1. The molecule has 0 fully saturated rings. The number of aryl methyl sites for hydroxylation is 1. The molecule has 7 heteroatoms. The Morgan fingerprint density at radius 3 is 3.18 bits per heavy atom. The molecule has 114 valence electrons. The van der Waals surface area contributed by atoms with Crippen LogP contribution in [0.4, 0.5) is 5.69 Å². The molecule has 0 saturated carbocycles. The summed E-state index contributed by atoms with van der Waals surface area (Å²) in [4.78, 5) is 28.5. The normalized spacial score (nSPS) is 13.4. The second-order valence-corrected chi connectivity index (χ2v) is 5.97. The number of thioether (sulfide) groups is 1. The summed E-state index contributed by atoms with van der Waals surface area (Å²) in [6, 6.07) is 5.39. The van der Waals surface area contributed by atoms with Gasteiger partial charge in [0.1, 0.15) is 0 Å². The number of hydrogen-bond acceptors (Lipinski definition) is 4. The topological polar surface area (TPSA) is 76.0 Å². The highest BCUT2D eigenvalue weighted by Gasteiger charge is 2.17. The van der Waals surface area contributed by atoms with Gasteiger partial charge in [-0.05, 0) is 24.6 Å². The summed E-state index contributed by atoms with van der Waals surface area (Å²) >= 11 is 1.48. The number of fused-ring (bicyclic) bond motifs is 1. The molecule has 22 heavy (non-hydrogen) atoms. The highest BCUT2D eigenvalue weighted by atomic mass is 32.2. The first kappa shape index (κ1) is 14.6. The molecule has 0 aliphatic carbocycles. The van der Waals surface area contributed by atoms with Crippen molar-refractivity contribution in [2.45, 2.75) is 17.9 Å². The van der Waals surface area contributed by atoms with Crippen LogP contribution in [0.5, 0.6) is 0 Å². The first-order valence-corrected chi connectivity index (χ1v) is 8.01. The van der Waals surface area contributed by atoms with Gasteiger partial charge in [0.2, 0.25) is 5.91 Å². The highest BCUT2D eigenvalue weighted by Crippen LogP contribution is 2.31. The maximum absolute atomic E-state index is 12.1. The van der Waals surface area contributed by atoms with Crippen LogP contribution in [0, 0.1) is 0 Å². The van der Waals surface area contributed by atoms with Crippen LogP contribution in [0.2, 0.25) is 0 Å². The first-order valence-electron chi connectivity index (χ1n) is 7.03. The lowest BCUT2D eigenvalue weighted by atomic mass is 10.2. The lowest BCUT2D eigenvalue weighted by Gasteiger charge is -2.16. The number of hydrogen-bond donors (Lipinski definition) is 2. The summed E-state index contributed by atoms with van der Waals surface area (Å²) in [6.45, 7) is 1.41. The van der Waals surface area contributed by atoms with E-state index in [1.807, 2.05) is 16.8 Å². The Morgan fingerprint density at radius 2 is 2.36 bits per heavy atom. The van der Waals surface area contributed by atoms with Crippen LogP contribution < -0.4 is 10.6 Å². The Hall–Kier alpha value is -2.28. The summed E-state index contributed by atoms with van der Waals surface area (Å²) in [5, 5.41) is 5.68. The van der Waals surface area contributed by atoms with E-state index in [-0.39, 0.29) is 11.8 Å². The average molecular weight is 316 g/mol. The molecule has 2 N–H and O–H groups in total. The van der Waals surface area contributed by atoms with Gasteiger partial charge in [-0.3, -0.25) is 9.59 Å². The van der Waals surface area contributed by atoms with Crippen molar-refractivity contribution >= 4 is 29.3 Å². The van der Waals surface area contributed by atoms with Crippen LogP contribution in [-0.4, -0.2) is 33.7 Å². The fourth-order valence-electron chi connectivity index (χ4n) is 2.21. The van der Waals surface area contributed by atoms with Crippen molar-refractivity contribution in [3.8, 4) is 0 Å². The number of aromatic nitrogens is 2. The van der Waals surface area contributed by atoms with Crippen LogP contribution in [0.3, 0.4) is 0 Å². The summed E-state index contributed by atoms with van der Waals surface area (Å²) in [7, 11) is 0. The number of benzene rings is 1. The fourth-order valence-corrected chi connectivity index (χ4v) is 3.00. The van der Waals surface area contributed by atoms with Crippen molar-refractivity contribution < 1.29 is 9.59 Å². The predicted molar refractivity (Wildman–Crippen MR) is 85.0 cm³/mol. The SMILES string of the molecule is O=C1CSc2ccc(C(=O)NCCCn3ccnc3)cc2N1. The number of imidazole rings is 1. The number of amides is 2. The van der Waals surface area contributed by atoms with E-state index in [0.717, 1.165) is 17.9 Å². The van der Waals surface area contributed by atoms with Gasteiger partial charge in [-0.2, -0.15) is 0 Å². The Labute approximate surface area is 132 Å². The highest BCUT2D eigenvalue weighted by molar-refractivity contribution is 8.00. The summed E-state index contributed by atoms with van der Waals surface area (Å²) in [6.07, 6.45) is 6.22. The maximum Gasteiger partial charge on any atom is 0.251 e. The molecule has 1 aromatic carbocycles. The number of nitrogens with zero attached hydrogens (tertiary/aromatic N) is 2. The van der Waals surface area contributed by atoms with Crippen molar-refractivity contribution in [1.82, 2.24) is 14.9 Å². The van der Waals surface area contributed by atoms with Crippen molar-refractivity contribution in [2.24, 2.45) is 0 Å². The van der Waals surface area contributed by atoms with E-state index in [1.165, 1.54) is 11.8 Å². The van der Waals surface area contributed by atoms with Crippen LogP contribution >= 0.6 is 11.8 Å². The van der Waals surface area contributed by atoms with Gasteiger partial charge in [-0.1, -0.05) is 0 Å². The third-order valence-electron chi connectivity index (χ3n) is 3.31. The first-order chi connectivity index (χ1) is 10.7. The molecule has 6 nitrogen and oxygen atoms in total. The smallest absolute Gasteiger partial charge is 0.251 e. The second-order valence-electron chi connectivity index (χ2n) is 4.96. The van der Waals surface area contributed by atoms with E-state index in [0.29, 0.717) is 23.5 Å². The molecule has 0 saturated heterocycles. The second kappa shape index (κ2) is 6.65. The Morgan fingerprint density at radius 1 is 1.45 bits per heavy atom. The number of rotatable bonds is 5. The van der Waals surface area contributed by atoms with Crippen LogP contribution in [0.25, 0.3) is 0 Å². The van der Waals surface area contributed by atoms with E-state index in [9.17, 15) is 9.59 Å². The third kappa shape index (κ3) is 3.48. The van der Waals surface area contributed by atoms with Crippen LogP contribution in [0.1, 0.15) is 16.8 Å². The van der Waals surface area contributed by atoms with Gasteiger partial charge in [0.25, 0.3) is 5.91 Å². The molecule has 2 amide bonds.